The first-order chi connectivity index (χ1) is 12.3. The Morgan fingerprint density at radius 1 is 1.19 bits per heavy atom. The first-order valence-electron chi connectivity index (χ1n) is 8.86. The molecule has 1 saturated heterocycles. The molecule has 26 heavy (non-hydrogen) atoms. The van der Waals surface area contributed by atoms with Gasteiger partial charge in [0.05, 0.1) is 0 Å². The summed E-state index contributed by atoms with van der Waals surface area (Å²) in [5.74, 6) is -0.135. The molecule has 1 aromatic rings. The lowest BCUT2D eigenvalue weighted by Crippen LogP contribution is -2.42. The Labute approximate surface area is 150 Å². The number of piperidine rings is 1. The van der Waals surface area contributed by atoms with E-state index in [9.17, 15) is 22.4 Å². The van der Waals surface area contributed by atoms with Gasteiger partial charge in [-0.15, -0.1) is 0 Å². The van der Waals surface area contributed by atoms with Gasteiger partial charge in [0.15, 0.2) is 0 Å². The molecule has 1 saturated carbocycles. The van der Waals surface area contributed by atoms with Crippen LogP contribution < -0.4 is 5.32 Å². The summed E-state index contributed by atoms with van der Waals surface area (Å²) in [7, 11) is 0. The summed E-state index contributed by atoms with van der Waals surface area (Å²) in [6.07, 6.45) is 0.220. The Morgan fingerprint density at radius 2 is 1.81 bits per heavy atom. The molecule has 1 amide bonds. The molecule has 142 valence electrons. The number of halogens is 4. The highest BCUT2D eigenvalue weighted by Gasteiger charge is 2.45. The van der Waals surface area contributed by atoms with E-state index in [-0.39, 0.29) is 24.6 Å². The van der Waals surface area contributed by atoms with Crippen LogP contribution in [0.5, 0.6) is 0 Å². The summed E-state index contributed by atoms with van der Waals surface area (Å²) in [5, 5.41) is 2.84. The lowest BCUT2D eigenvalue weighted by atomic mass is 9.98. The summed E-state index contributed by atoms with van der Waals surface area (Å²) < 4.78 is 53.7. The van der Waals surface area contributed by atoms with Gasteiger partial charge in [-0.3, -0.25) is 9.69 Å². The van der Waals surface area contributed by atoms with E-state index >= 15 is 0 Å². The van der Waals surface area contributed by atoms with Crippen LogP contribution in [0.3, 0.4) is 0 Å². The highest BCUT2D eigenvalue weighted by molar-refractivity contribution is 5.88. The van der Waals surface area contributed by atoms with Crippen molar-refractivity contribution < 1.29 is 22.4 Å². The lowest BCUT2D eigenvalue weighted by Gasteiger charge is -2.36. The van der Waals surface area contributed by atoms with Crippen molar-refractivity contribution in [3.05, 3.63) is 47.3 Å². The first-order valence-corrected chi connectivity index (χ1v) is 8.86. The number of carbonyl (C=O) groups is 1. The molecule has 1 atom stereocenters. The van der Waals surface area contributed by atoms with E-state index in [2.05, 4.69) is 5.32 Å². The second-order valence-electron chi connectivity index (χ2n) is 7.02. The Kier molecular flexibility index (Phi) is 5.65. The monoisotopic (exact) mass is 370 g/mol. The topological polar surface area (TPSA) is 32.3 Å². The molecule has 2 fully saturated rings. The first kappa shape index (κ1) is 18.9. The third-order valence-corrected chi connectivity index (χ3v) is 4.90. The average Bonchev–Trinajstić information content (AvgIpc) is 3.40. The minimum atomic E-state index is -4.44. The number of hydrogen-bond donors (Lipinski definition) is 1. The molecular formula is C19H22F4N2O. The quantitative estimate of drug-likeness (QED) is 0.628. The Hall–Kier alpha value is -1.89. The van der Waals surface area contributed by atoms with E-state index in [1.165, 1.54) is 23.1 Å². The van der Waals surface area contributed by atoms with Gasteiger partial charge < -0.3 is 5.32 Å². The summed E-state index contributed by atoms with van der Waals surface area (Å²) in [4.78, 5) is 13.2. The van der Waals surface area contributed by atoms with Gasteiger partial charge in [0, 0.05) is 25.7 Å². The predicted molar refractivity (Wildman–Crippen MR) is 89.8 cm³/mol. The van der Waals surface area contributed by atoms with Gasteiger partial charge in [0.25, 0.3) is 0 Å². The summed E-state index contributed by atoms with van der Waals surface area (Å²) in [6, 6.07) is 2.71. The van der Waals surface area contributed by atoms with Crippen LogP contribution in [0.4, 0.5) is 17.6 Å². The third kappa shape index (κ3) is 5.06. The molecule has 0 bridgehead atoms. The van der Waals surface area contributed by atoms with E-state index in [1.54, 1.807) is 0 Å². The molecule has 1 heterocycles. The van der Waals surface area contributed by atoms with E-state index in [4.69, 9.17) is 0 Å². The number of alkyl halides is 3. The van der Waals surface area contributed by atoms with Crippen molar-refractivity contribution in [2.45, 2.75) is 37.9 Å². The van der Waals surface area contributed by atoms with Gasteiger partial charge in [-0.1, -0.05) is 17.7 Å². The molecule has 1 N–H and O–H groups in total. The number of benzene rings is 1. The minimum absolute atomic E-state index is 0.0357. The third-order valence-electron chi connectivity index (χ3n) is 4.90. The fourth-order valence-electron chi connectivity index (χ4n) is 3.27. The molecule has 1 aliphatic carbocycles. The predicted octanol–water partition coefficient (Wildman–Crippen LogP) is 3.98. The molecule has 2 aliphatic rings. The number of amides is 1. The zero-order valence-electron chi connectivity index (χ0n) is 14.4. The zero-order valence-corrected chi connectivity index (χ0v) is 14.4. The number of rotatable bonds is 5. The lowest BCUT2D eigenvalue weighted by molar-refractivity contribution is -0.187. The fraction of sp³-hybridized carbons (Fsp3) is 0.526. The largest absolute Gasteiger partial charge is 0.408 e. The van der Waals surface area contributed by atoms with Gasteiger partial charge >= 0.3 is 6.18 Å². The molecule has 0 aromatic heterocycles. The van der Waals surface area contributed by atoms with Crippen LogP contribution in [0.2, 0.25) is 0 Å². The van der Waals surface area contributed by atoms with Gasteiger partial charge in [0.2, 0.25) is 5.91 Å². The fourth-order valence-corrected chi connectivity index (χ4v) is 3.27. The summed E-state index contributed by atoms with van der Waals surface area (Å²) in [5.41, 5.74) is 0.906. The smallest absolute Gasteiger partial charge is 0.352 e. The Morgan fingerprint density at radius 3 is 2.35 bits per heavy atom. The van der Waals surface area contributed by atoms with Crippen molar-refractivity contribution in [2.75, 3.05) is 19.6 Å². The standard InChI is InChI=1S/C19H22F4N2O/c20-16-5-3-15(4-6-16)18(19(21,22)23)25-9-7-13(8-10-25)11-17(26)24-12-14-1-2-14/h3-6,11,14,18H,1-2,7-10,12H2,(H,24,26). The second kappa shape index (κ2) is 7.78. The van der Waals surface area contributed by atoms with Gasteiger partial charge in [0.1, 0.15) is 11.9 Å². The van der Waals surface area contributed by atoms with Crippen molar-refractivity contribution >= 4 is 5.91 Å². The SMILES string of the molecule is O=C(C=C1CCN(C(c2ccc(F)cc2)C(F)(F)F)CC1)NCC1CC1. The van der Waals surface area contributed by atoms with Gasteiger partial charge in [-0.25, -0.2) is 4.39 Å². The molecule has 3 rings (SSSR count). The molecule has 1 aliphatic heterocycles. The van der Waals surface area contributed by atoms with Crippen molar-refractivity contribution in [1.82, 2.24) is 10.2 Å². The number of hydrogen-bond acceptors (Lipinski definition) is 2. The van der Waals surface area contributed by atoms with Crippen molar-refractivity contribution in [1.29, 1.82) is 0 Å². The van der Waals surface area contributed by atoms with Crippen LogP contribution in [-0.2, 0) is 4.79 Å². The molecule has 3 nitrogen and oxygen atoms in total. The average molecular weight is 370 g/mol. The summed E-state index contributed by atoms with van der Waals surface area (Å²) >= 11 is 0. The van der Waals surface area contributed by atoms with Crippen LogP contribution in [0.15, 0.2) is 35.9 Å². The van der Waals surface area contributed by atoms with E-state index < -0.39 is 18.0 Å². The van der Waals surface area contributed by atoms with Gasteiger partial charge in [-0.2, -0.15) is 13.2 Å². The minimum Gasteiger partial charge on any atom is -0.352 e. The maximum absolute atomic E-state index is 13.6. The Bertz CT molecular complexity index is 655. The van der Waals surface area contributed by atoms with Crippen molar-refractivity contribution in [2.24, 2.45) is 5.92 Å². The van der Waals surface area contributed by atoms with Crippen LogP contribution in [-0.4, -0.2) is 36.6 Å². The maximum atomic E-state index is 13.6. The van der Waals surface area contributed by atoms with E-state index in [1.807, 2.05) is 0 Å². The van der Waals surface area contributed by atoms with Crippen molar-refractivity contribution in [3.63, 3.8) is 0 Å². The highest BCUT2D eigenvalue weighted by atomic mass is 19.4. The van der Waals surface area contributed by atoms with Crippen molar-refractivity contribution in [3.8, 4) is 0 Å². The van der Waals surface area contributed by atoms with E-state index in [0.29, 0.717) is 25.3 Å². The zero-order chi connectivity index (χ0) is 18.7. The maximum Gasteiger partial charge on any atom is 0.408 e. The highest BCUT2D eigenvalue weighted by Crippen LogP contribution is 2.39. The molecular weight excluding hydrogens is 348 g/mol. The number of likely N-dealkylation sites (tertiary alicyclic amines) is 1. The normalized spacial score (nSPS) is 19.9. The number of carbonyl (C=O) groups excluding carboxylic acids is 1. The molecule has 1 aromatic carbocycles. The molecule has 1 unspecified atom stereocenters. The summed E-state index contributed by atoms with van der Waals surface area (Å²) in [6.45, 7) is 1.10. The molecule has 0 radical (unpaired) electrons. The second-order valence-corrected chi connectivity index (χ2v) is 7.02. The molecule has 0 spiro atoms. The molecule has 7 heteroatoms. The van der Waals surface area contributed by atoms with Gasteiger partial charge in [-0.05, 0) is 49.3 Å². The van der Waals surface area contributed by atoms with E-state index in [0.717, 1.165) is 30.5 Å². The van der Waals surface area contributed by atoms with Crippen LogP contribution in [0, 0.1) is 11.7 Å². The number of nitrogens with one attached hydrogen (secondary N) is 1. The number of nitrogens with zero attached hydrogens (tertiary/aromatic N) is 1. The Balaban J connectivity index is 1.62. The van der Waals surface area contributed by atoms with Crippen LogP contribution in [0.25, 0.3) is 0 Å². The van der Waals surface area contributed by atoms with Crippen LogP contribution >= 0.6 is 0 Å². The van der Waals surface area contributed by atoms with Crippen LogP contribution in [0.1, 0.15) is 37.3 Å².